The molecular formula is C12H17N3. The molecule has 3 nitrogen and oxygen atoms in total. The lowest BCUT2D eigenvalue weighted by atomic mass is 10.0. The average Bonchev–Trinajstić information content (AvgIpc) is 2.57. The number of rotatable bonds is 3. The first-order valence-corrected chi connectivity index (χ1v) is 5.33. The summed E-state index contributed by atoms with van der Waals surface area (Å²) in [5, 5.41) is 5.79. The number of fused-ring (bicyclic) bond motifs is 1. The number of benzene rings is 1. The van der Waals surface area contributed by atoms with E-state index in [9.17, 15) is 0 Å². The fraction of sp³-hybridized carbons (Fsp3) is 0.417. The van der Waals surface area contributed by atoms with Gasteiger partial charge < -0.3 is 5.73 Å². The molecule has 2 rings (SSSR count). The molecule has 0 fully saturated rings. The van der Waals surface area contributed by atoms with Gasteiger partial charge in [-0.25, -0.2) is 0 Å². The minimum atomic E-state index is 0.489. The Morgan fingerprint density at radius 3 is 2.87 bits per heavy atom. The minimum Gasteiger partial charge on any atom is -0.330 e. The summed E-state index contributed by atoms with van der Waals surface area (Å²) in [5.74, 6) is 0.489. The summed E-state index contributed by atoms with van der Waals surface area (Å²) in [4.78, 5) is 0. The van der Waals surface area contributed by atoms with Crippen molar-refractivity contribution in [1.29, 1.82) is 0 Å². The van der Waals surface area contributed by atoms with E-state index >= 15 is 0 Å². The Morgan fingerprint density at radius 1 is 1.40 bits per heavy atom. The molecule has 0 radical (unpaired) electrons. The Kier molecular flexibility index (Phi) is 2.73. The molecule has 0 bridgehead atoms. The van der Waals surface area contributed by atoms with Gasteiger partial charge in [0.1, 0.15) is 0 Å². The van der Waals surface area contributed by atoms with Crippen molar-refractivity contribution in [2.45, 2.75) is 13.3 Å². The van der Waals surface area contributed by atoms with Gasteiger partial charge in [0, 0.05) is 12.4 Å². The summed E-state index contributed by atoms with van der Waals surface area (Å²) >= 11 is 0. The van der Waals surface area contributed by atoms with Gasteiger partial charge in [-0.1, -0.05) is 25.1 Å². The van der Waals surface area contributed by atoms with Gasteiger partial charge in [0.15, 0.2) is 0 Å². The van der Waals surface area contributed by atoms with Gasteiger partial charge in [-0.05, 0) is 24.9 Å². The predicted octanol–water partition coefficient (Wildman–Crippen LogP) is 1.71. The summed E-state index contributed by atoms with van der Waals surface area (Å²) < 4.78 is 1.94. The Morgan fingerprint density at radius 2 is 2.13 bits per heavy atom. The number of nitrogens with zero attached hydrogens (tertiary/aromatic N) is 2. The van der Waals surface area contributed by atoms with Crippen molar-refractivity contribution >= 4 is 10.9 Å². The van der Waals surface area contributed by atoms with Crippen LogP contribution < -0.4 is 5.73 Å². The zero-order valence-electron chi connectivity index (χ0n) is 9.27. The van der Waals surface area contributed by atoms with E-state index < -0.39 is 0 Å². The zero-order chi connectivity index (χ0) is 10.8. The van der Waals surface area contributed by atoms with Gasteiger partial charge in [-0.15, -0.1) is 0 Å². The monoisotopic (exact) mass is 203 g/mol. The quantitative estimate of drug-likeness (QED) is 0.825. The molecule has 1 atom stereocenters. The fourth-order valence-corrected chi connectivity index (χ4v) is 1.85. The van der Waals surface area contributed by atoms with Gasteiger partial charge in [-0.3, -0.25) is 4.68 Å². The molecular weight excluding hydrogens is 186 g/mol. The third kappa shape index (κ3) is 1.88. The van der Waals surface area contributed by atoms with Gasteiger partial charge in [-0.2, -0.15) is 5.10 Å². The van der Waals surface area contributed by atoms with E-state index in [-0.39, 0.29) is 0 Å². The highest BCUT2D eigenvalue weighted by Gasteiger charge is 2.10. The highest BCUT2D eigenvalue weighted by atomic mass is 15.3. The van der Waals surface area contributed by atoms with Gasteiger partial charge >= 0.3 is 0 Å². The maximum atomic E-state index is 5.64. The highest BCUT2D eigenvalue weighted by molar-refractivity contribution is 5.81. The molecule has 0 aliphatic carbocycles. The summed E-state index contributed by atoms with van der Waals surface area (Å²) in [6, 6.07) is 8.32. The molecule has 0 amide bonds. The van der Waals surface area contributed by atoms with Crippen LogP contribution in [0.1, 0.15) is 12.6 Å². The number of hydrogen-bond donors (Lipinski definition) is 1. The van der Waals surface area contributed by atoms with Crippen LogP contribution in [0.3, 0.4) is 0 Å². The lowest BCUT2D eigenvalue weighted by Gasteiger charge is -2.04. The van der Waals surface area contributed by atoms with Gasteiger partial charge in [0.2, 0.25) is 0 Å². The molecule has 0 spiro atoms. The number of nitrogens with two attached hydrogens (primary N) is 1. The van der Waals surface area contributed by atoms with Crippen molar-refractivity contribution in [3.8, 4) is 0 Å². The molecule has 2 aromatic rings. The van der Waals surface area contributed by atoms with Crippen molar-refractivity contribution in [1.82, 2.24) is 9.78 Å². The SMILES string of the molecule is CC(CN)Cc1nn(C)c2ccccc12. The van der Waals surface area contributed by atoms with Crippen molar-refractivity contribution in [3.05, 3.63) is 30.0 Å². The summed E-state index contributed by atoms with van der Waals surface area (Å²) in [5.41, 5.74) is 7.99. The van der Waals surface area contributed by atoms with Crippen LogP contribution in [0.15, 0.2) is 24.3 Å². The van der Waals surface area contributed by atoms with Crippen LogP contribution in [0.4, 0.5) is 0 Å². The number of aromatic nitrogens is 2. The largest absolute Gasteiger partial charge is 0.330 e. The second-order valence-electron chi connectivity index (χ2n) is 4.13. The van der Waals surface area contributed by atoms with E-state index in [1.165, 1.54) is 10.9 Å². The molecule has 15 heavy (non-hydrogen) atoms. The third-order valence-electron chi connectivity index (χ3n) is 2.78. The maximum Gasteiger partial charge on any atom is 0.0706 e. The van der Waals surface area contributed by atoms with E-state index in [1.807, 2.05) is 17.8 Å². The van der Waals surface area contributed by atoms with Gasteiger partial charge in [0.05, 0.1) is 11.2 Å². The van der Waals surface area contributed by atoms with E-state index in [2.05, 4.69) is 30.2 Å². The summed E-state index contributed by atoms with van der Waals surface area (Å²) in [6.45, 7) is 2.87. The van der Waals surface area contributed by atoms with Crippen molar-refractivity contribution in [2.75, 3.05) is 6.54 Å². The van der Waals surface area contributed by atoms with Crippen LogP contribution in [-0.4, -0.2) is 16.3 Å². The molecule has 1 aromatic heterocycles. The molecule has 0 aliphatic rings. The summed E-state index contributed by atoms with van der Waals surface area (Å²) in [7, 11) is 1.99. The first-order valence-electron chi connectivity index (χ1n) is 5.33. The van der Waals surface area contributed by atoms with Crippen LogP contribution in [0.5, 0.6) is 0 Å². The Labute approximate surface area is 89.9 Å². The molecule has 0 saturated heterocycles. The zero-order valence-corrected chi connectivity index (χ0v) is 9.27. The molecule has 0 aliphatic heterocycles. The van der Waals surface area contributed by atoms with Crippen LogP contribution >= 0.6 is 0 Å². The smallest absolute Gasteiger partial charge is 0.0706 e. The molecule has 1 heterocycles. The molecule has 80 valence electrons. The molecule has 3 heteroatoms. The van der Waals surface area contributed by atoms with Crippen molar-refractivity contribution in [3.63, 3.8) is 0 Å². The Bertz CT molecular complexity index is 459. The number of hydrogen-bond acceptors (Lipinski definition) is 2. The summed E-state index contributed by atoms with van der Waals surface area (Å²) in [6.07, 6.45) is 0.956. The second kappa shape index (κ2) is 4.03. The van der Waals surface area contributed by atoms with E-state index in [4.69, 9.17) is 5.73 Å². The lowest BCUT2D eigenvalue weighted by Crippen LogP contribution is -2.13. The molecule has 1 unspecified atom stereocenters. The lowest BCUT2D eigenvalue weighted by molar-refractivity contribution is 0.578. The maximum absolute atomic E-state index is 5.64. The first kappa shape index (κ1) is 10.2. The van der Waals surface area contributed by atoms with Crippen LogP contribution in [0.25, 0.3) is 10.9 Å². The standard InChI is InChI=1S/C12H17N3/c1-9(8-13)7-11-10-5-3-4-6-12(10)15(2)14-11/h3-6,9H,7-8,13H2,1-2H3. The van der Waals surface area contributed by atoms with E-state index in [1.54, 1.807) is 0 Å². The molecule has 2 N–H and O–H groups in total. The minimum absolute atomic E-state index is 0.489. The second-order valence-corrected chi connectivity index (χ2v) is 4.13. The van der Waals surface area contributed by atoms with Crippen LogP contribution in [0.2, 0.25) is 0 Å². The Balaban J connectivity index is 2.43. The van der Waals surface area contributed by atoms with E-state index in [0.29, 0.717) is 12.5 Å². The van der Waals surface area contributed by atoms with Crippen LogP contribution in [-0.2, 0) is 13.5 Å². The van der Waals surface area contributed by atoms with Crippen molar-refractivity contribution < 1.29 is 0 Å². The third-order valence-corrected chi connectivity index (χ3v) is 2.78. The fourth-order valence-electron chi connectivity index (χ4n) is 1.85. The normalized spacial score (nSPS) is 13.3. The molecule has 0 saturated carbocycles. The molecule has 1 aromatic carbocycles. The number of para-hydroxylation sites is 1. The Hall–Kier alpha value is -1.35. The predicted molar refractivity (Wildman–Crippen MR) is 62.6 cm³/mol. The topological polar surface area (TPSA) is 43.8 Å². The highest BCUT2D eigenvalue weighted by Crippen LogP contribution is 2.19. The van der Waals surface area contributed by atoms with Crippen molar-refractivity contribution in [2.24, 2.45) is 18.7 Å². The van der Waals surface area contributed by atoms with Gasteiger partial charge in [0.25, 0.3) is 0 Å². The van der Waals surface area contributed by atoms with Crippen LogP contribution in [0, 0.1) is 5.92 Å². The average molecular weight is 203 g/mol. The van der Waals surface area contributed by atoms with E-state index in [0.717, 1.165) is 12.1 Å². The number of aryl methyl sites for hydroxylation is 1. The first-order chi connectivity index (χ1) is 7.22.